The molecule has 1 unspecified atom stereocenters. The van der Waals surface area contributed by atoms with Crippen LogP contribution >= 0.6 is 0 Å². The van der Waals surface area contributed by atoms with Crippen LogP contribution in [0, 0.1) is 0 Å². The van der Waals surface area contributed by atoms with Crippen molar-refractivity contribution >= 4 is 6.29 Å². The summed E-state index contributed by atoms with van der Waals surface area (Å²) in [5.74, 6) is 0. The fourth-order valence-electron chi connectivity index (χ4n) is 2.18. The van der Waals surface area contributed by atoms with Crippen LogP contribution in [0.25, 0.3) is 0 Å². The van der Waals surface area contributed by atoms with Crippen molar-refractivity contribution in [2.24, 2.45) is 0 Å². The Balaban J connectivity index is 2.12. The van der Waals surface area contributed by atoms with Gasteiger partial charge in [0.05, 0.1) is 11.6 Å². The van der Waals surface area contributed by atoms with E-state index in [1.165, 1.54) is 6.07 Å². The molecule has 1 heterocycles. The van der Waals surface area contributed by atoms with E-state index in [-0.39, 0.29) is 6.04 Å². The van der Waals surface area contributed by atoms with Crippen LogP contribution in [0.4, 0.5) is 13.2 Å². The molecule has 6 heteroatoms. The van der Waals surface area contributed by atoms with Gasteiger partial charge in [-0.1, -0.05) is 18.2 Å². The van der Waals surface area contributed by atoms with E-state index >= 15 is 0 Å². The number of piperazine rings is 1. The Morgan fingerprint density at radius 1 is 1.42 bits per heavy atom. The molecule has 1 aliphatic rings. The number of nitrogens with one attached hydrogen (secondary N) is 1. The van der Waals surface area contributed by atoms with Gasteiger partial charge in [-0.25, -0.2) is 0 Å². The number of benzene rings is 1. The fourth-order valence-corrected chi connectivity index (χ4v) is 2.18. The Hall–Kier alpha value is -1.40. The Bertz CT molecular complexity index is 448. The van der Waals surface area contributed by atoms with Crippen molar-refractivity contribution in [3.05, 3.63) is 35.4 Å². The molecule has 1 saturated heterocycles. The highest BCUT2D eigenvalue weighted by molar-refractivity contribution is 5.58. The van der Waals surface area contributed by atoms with Crippen molar-refractivity contribution < 1.29 is 18.0 Å². The third-order valence-electron chi connectivity index (χ3n) is 3.20. The first-order valence-corrected chi connectivity index (χ1v) is 6.07. The van der Waals surface area contributed by atoms with E-state index in [4.69, 9.17) is 0 Å². The third-order valence-corrected chi connectivity index (χ3v) is 3.20. The molecule has 2 rings (SSSR count). The van der Waals surface area contributed by atoms with Gasteiger partial charge in [0.15, 0.2) is 0 Å². The summed E-state index contributed by atoms with van der Waals surface area (Å²) in [6, 6.07) is 4.97. The second-order valence-corrected chi connectivity index (χ2v) is 4.58. The smallest absolute Gasteiger partial charge is 0.313 e. The van der Waals surface area contributed by atoms with Crippen molar-refractivity contribution in [2.75, 3.05) is 19.6 Å². The number of hydrogen-bond donors (Lipinski definition) is 1. The second kappa shape index (κ2) is 5.71. The summed E-state index contributed by atoms with van der Waals surface area (Å²) in [5, 5.41) is 3.08. The van der Waals surface area contributed by atoms with Gasteiger partial charge in [-0.2, -0.15) is 13.2 Å². The number of rotatable bonds is 3. The summed E-state index contributed by atoms with van der Waals surface area (Å²) in [6.07, 6.45) is -3.50. The molecule has 104 valence electrons. The first kappa shape index (κ1) is 14.0. The molecule has 1 fully saturated rings. The minimum absolute atomic E-state index is 0.275. The van der Waals surface area contributed by atoms with E-state index in [9.17, 15) is 18.0 Å². The molecule has 0 saturated carbocycles. The van der Waals surface area contributed by atoms with Crippen LogP contribution < -0.4 is 5.32 Å². The maximum atomic E-state index is 12.6. The molecule has 0 aromatic heterocycles. The molecule has 1 N–H and O–H groups in total. The fraction of sp³-hybridized carbons (Fsp3) is 0.462. The molecule has 0 spiro atoms. The lowest BCUT2D eigenvalue weighted by Crippen LogP contribution is -2.51. The maximum Gasteiger partial charge on any atom is 0.416 e. The second-order valence-electron chi connectivity index (χ2n) is 4.58. The Labute approximate surface area is 109 Å². The molecular formula is C13H15F3N2O. The lowest BCUT2D eigenvalue weighted by atomic mass is 10.1. The number of alkyl halides is 3. The molecule has 1 aliphatic heterocycles. The molecule has 1 aromatic carbocycles. The highest BCUT2D eigenvalue weighted by Crippen LogP contribution is 2.29. The lowest BCUT2D eigenvalue weighted by Gasteiger charge is -2.32. The van der Waals surface area contributed by atoms with E-state index in [0.29, 0.717) is 25.2 Å². The van der Waals surface area contributed by atoms with Crippen LogP contribution in [0.5, 0.6) is 0 Å². The predicted octanol–water partition coefficient (Wildman–Crippen LogP) is 1.68. The number of halogens is 3. The number of aldehydes is 1. The van der Waals surface area contributed by atoms with Crippen LogP contribution in [0.1, 0.15) is 11.1 Å². The van der Waals surface area contributed by atoms with Crippen LogP contribution in [0.3, 0.4) is 0 Å². The number of hydrogen-bond acceptors (Lipinski definition) is 3. The third kappa shape index (κ3) is 3.54. The molecule has 0 bridgehead atoms. The Morgan fingerprint density at radius 3 is 2.89 bits per heavy atom. The molecule has 1 atom stereocenters. The predicted molar refractivity (Wildman–Crippen MR) is 64.6 cm³/mol. The van der Waals surface area contributed by atoms with Gasteiger partial charge >= 0.3 is 6.18 Å². The first-order chi connectivity index (χ1) is 9.00. The highest BCUT2D eigenvalue weighted by atomic mass is 19.4. The zero-order valence-electron chi connectivity index (χ0n) is 10.3. The molecule has 1 aromatic rings. The van der Waals surface area contributed by atoms with Crippen LogP contribution in [0.15, 0.2) is 24.3 Å². The number of carbonyl (C=O) groups is 1. The monoisotopic (exact) mass is 272 g/mol. The van der Waals surface area contributed by atoms with E-state index in [1.54, 1.807) is 6.07 Å². The molecular weight excluding hydrogens is 257 g/mol. The van der Waals surface area contributed by atoms with Crippen molar-refractivity contribution in [2.45, 2.75) is 18.8 Å². The zero-order chi connectivity index (χ0) is 13.9. The number of nitrogens with zero attached hydrogens (tertiary/aromatic N) is 1. The minimum atomic E-state index is -4.33. The van der Waals surface area contributed by atoms with Gasteiger partial charge in [-0.15, -0.1) is 0 Å². The normalized spacial score (nSPS) is 21.3. The van der Waals surface area contributed by atoms with Gasteiger partial charge in [-0.05, 0) is 11.6 Å². The minimum Gasteiger partial charge on any atom is -0.313 e. The van der Waals surface area contributed by atoms with Gasteiger partial charge in [0.25, 0.3) is 0 Å². The highest BCUT2D eigenvalue weighted by Gasteiger charge is 2.30. The zero-order valence-corrected chi connectivity index (χ0v) is 10.3. The van der Waals surface area contributed by atoms with Crippen LogP contribution in [-0.4, -0.2) is 36.9 Å². The summed E-state index contributed by atoms with van der Waals surface area (Å²) >= 11 is 0. The molecule has 3 nitrogen and oxygen atoms in total. The average molecular weight is 272 g/mol. The summed E-state index contributed by atoms with van der Waals surface area (Å²) in [6.45, 7) is 2.29. The van der Waals surface area contributed by atoms with Gasteiger partial charge < -0.3 is 10.1 Å². The average Bonchev–Trinajstić information content (AvgIpc) is 2.39. The summed E-state index contributed by atoms with van der Waals surface area (Å²) in [7, 11) is 0. The van der Waals surface area contributed by atoms with Gasteiger partial charge in [-0.3, -0.25) is 4.90 Å². The van der Waals surface area contributed by atoms with E-state index in [2.05, 4.69) is 5.32 Å². The Kier molecular flexibility index (Phi) is 4.21. The van der Waals surface area contributed by atoms with Gasteiger partial charge in [0, 0.05) is 26.2 Å². The summed E-state index contributed by atoms with van der Waals surface area (Å²) < 4.78 is 37.8. The lowest BCUT2D eigenvalue weighted by molar-refractivity contribution is -0.137. The summed E-state index contributed by atoms with van der Waals surface area (Å²) in [5.41, 5.74) is -0.0774. The standard InChI is InChI=1S/C13H15F3N2O/c14-13(15,16)11-3-1-2-10(6-11)8-18-5-4-17-7-12(18)9-19/h1-3,6,9,12,17H,4-5,7-8H2. The van der Waals surface area contributed by atoms with E-state index in [1.807, 2.05) is 4.90 Å². The van der Waals surface area contributed by atoms with Gasteiger partial charge in [0.1, 0.15) is 6.29 Å². The SMILES string of the molecule is O=CC1CNCCN1Cc1cccc(C(F)(F)F)c1. The molecule has 0 amide bonds. The van der Waals surface area contributed by atoms with E-state index < -0.39 is 11.7 Å². The van der Waals surface area contributed by atoms with E-state index in [0.717, 1.165) is 25.0 Å². The first-order valence-electron chi connectivity index (χ1n) is 6.07. The summed E-state index contributed by atoms with van der Waals surface area (Å²) in [4.78, 5) is 12.8. The molecule has 0 aliphatic carbocycles. The Morgan fingerprint density at radius 2 is 2.21 bits per heavy atom. The van der Waals surface area contributed by atoms with Crippen molar-refractivity contribution in [1.82, 2.24) is 10.2 Å². The number of carbonyl (C=O) groups excluding carboxylic acids is 1. The molecule has 19 heavy (non-hydrogen) atoms. The largest absolute Gasteiger partial charge is 0.416 e. The topological polar surface area (TPSA) is 32.3 Å². The quantitative estimate of drug-likeness (QED) is 0.850. The van der Waals surface area contributed by atoms with Crippen molar-refractivity contribution in [3.8, 4) is 0 Å². The van der Waals surface area contributed by atoms with Crippen LogP contribution in [-0.2, 0) is 17.5 Å². The van der Waals surface area contributed by atoms with Crippen molar-refractivity contribution in [1.29, 1.82) is 0 Å². The van der Waals surface area contributed by atoms with Gasteiger partial charge in [0.2, 0.25) is 0 Å². The maximum absolute atomic E-state index is 12.6. The molecule has 0 radical (unpaired) electrons. The van der Waals surface area contributed by atoms with Crippen LogP contribution in [0.2, 0.25) is 0 Å². The van der Waals surface area contributed by atoms with Crippen molar-refractivity contribution in [3.63, 3.8) is 0 Å².